The van der Waals surface area contributed by atoms with E-state index in [1.54, 1.807) is 12.1 Å². The molecule has 2 bridgehead atoms. The first-order valence-corrected chi connectivity index (χ1v) is 12.7. The van der Waals surface area contributed by atoms with Gasteiger partial charge in [0.25, 0.3) is 0 Å². The molecule has 0 saturated carbocycles. The molecule has 4 heterocycles. The van der Waals surface area contributed by atoms with Gasteiger partial charge in [0, 0.05) is 24.3 Å². The van der Waals surface area contributed by atoms with Crippen LogP contribution in [0.5, 0.6) is 0 Å². The molecule has 2 aromatic rings. The number of piperidine rings is 4. The van der Waals surface area contributed by atoms with Crippen molar-refractivity contribution < 1.29 is 35.6 Å². The van der Waals surface area contributed by atoms with Gasteiger partial charge in [0.2, 0.25) is 5.78 Å². The predicted octanol–water partition coefficient (Wildman–Crippen LogP) is 1.39. The predicted molar refractivity (Wildman–Crippen MR) is 128 cm³/mol. The summed E-state index contributed by atoms with van der Waals surface area (Å²) in [6, 6.07) is 15.2. The van der Waals surface area contributed by atoms with Gasteiger partial charge in [-0.2, -0.15) is 0 Å². The van der Waals surface area contributed by atoms with E-state index in [1.165, 1.54) is 18.6 Å². The first-order chi connectivity index (χ1) is 16.5. The van der Waals surface area contributed by atoms with Crippen molar-refractivity contribution in [3.8, 4) is 0 Å². The summed E-state index contributed by atoms with van der Waals surface area (Å²) in [6.07, 6.45) is 5.06. The van der Waals surface area contributed by atoms with Gasteiger partial charge >= 0.3 is 5.97 Å². The number of Topliss-reactive ketones (excluding diaryl/α,β-unsaturated/α-hetero) is 1. The van der Waals surface area contributed by atoms with Crippen molar-refractivity contribution in [3.05, 3.63) is 71.5 Å². The highest BCUT2D eigenvalue weighted by atomic mass is 35.5. The highest BCUT2D eigenvalue weighted by molar-refractivity contribution is 5.97. The fourth-order valence-electron chi connectivity index (χ4n) is 6.13. The molecule has 0 amide bonds. The molecule has 188 valence electrons. The van der Waals surface area contributed by atoms with E-state index < -0.39 is 6.04 Å². The number of carbonyl (C=O) groups excluding carboxylic acids is 2. The minimum atomic E-state index is -0.504. The molecule has 6 rings (SSSR count). The second-order valence-corrected chi connectivity index (χ2v) is 10.3. The molecule has 35 heavy (non-hydrogen) atoms. The number of hydrogen-bond donors (Lipinski definition) is 0. The van der Waals surface area contributed by atoms with Crippen LogP contribution in [0, 0.1) is 11.7 Å². The van der Waals surface area contributed by atoms with E-state index in [-0.39, 0.29) is 36.1 Å². The highest BCUT2D eigenvalue weighted by Gasteiger charge is 2.49. The maximum Gasteiger partial charge on any atom is 0.328 e. The molecule has 0 N–H and O–H groups in total. The molecule has 2 aromatic carbocycles. The van der Waals surface area contributed by atoms with Crippen LogP contribution in [0.1, 0.15) is 54.1 Å². The Morgan fingerprint density at radius 1 is 0.971 bits per heavy atom. The Morgan fingerprint density at radius 2 is 1.63 bits per heavy atom. The van der Waals surface area contributed by atoms with E-state index >= 15 is 0 Å². The topological polar surface area (TPSA) is 46.6 Å². The average Bonchev–Trinajstić information content (AvgIpc) is 2.87. The lowest BCUT2D eigenvalue weighted by molar-refractivity contribution is -0.938. The third kappa shape index (κ3) is 5.76. The van der Waals surface area contributed by atoms with Crippen molar-refractivity contribution in [2.45, 2.75) is 44.2 Å². The Hall–Kier alpha value is -2.28. The van der Waals surface area contributed by atoms with Gasteiger partial charge in [0.05, 0.1) is 13.1 Å². The van der Waals surface area contributed by atoms with Crippen LogP contribution in [0.3, 0.4) is 0 Å². The van der Waals surface area contributed by atoms with E-state index in [4.69, 9.17) is 4.74 Å². The van der Waals surface area contributed by atoms with Crippen LogP contribution in [0.15, 0.2) is 54.6 Å². The molecule has 0 aromatic heterocycles. The van der Waals surface area contributed by atoms with E-state index in [0.717, 1.165) is 63.0 Å². The third-order valence-electron chi connectivity index (χ3n) is 8.05. The molecule has 1 unspecified atom stereocenters. The zero-order valence-electron chi connectivity index (χ0n) is 20.1. The summed E-state index contributed by atoms with van der Waals surface area (Å²) in [4.78, 5) is 28.8. The fraction of sp³-hybridized carbons (Fsp3) is 0.500. The highest BCUT2D eigenvalue weighted by Crippen LogP contribution is 2.37. The monoisotopic (exact) mass is 500 g/mol. The zero-order chi connectivity index (χ0) is 23.5. The molecule has 4 aliphatic heterocycles. The van der Waals surface area contributed by atoms with Crippen LogP contribution in [-0.4, -0.2) is 66.5 Å². The molecule has 5 nitrogen and oxygen atoms in total. The van der Waals surface area contributed by atoms with Crippen molar-refractivity contribution in [2.75, 3.05) is 39.3 Å². The van der Waals surface area contributed by atoms with Gasteiger partial charge < -0.3 is 21.6 Å². The number of ketones is 1. The SMILES string of the molecule is O=C(C[N+]12CCC(CC1)[C@@H](OC(=O)C(c1ccc(F)cc1)N1CCCCC1)C2)c1ccccc1.[Cl-]. The largest absolute Gasteiger partial charge is 1.00 e. The van der Waals surface area contributed by atoms with Gasteiger partial charge in [0.1, 0.15) is 24.9 Å². The quantitative estimate of drug-likeness (QED) is 0.327. The molecule has 4 aliphatic rings. The van der Waals surface area contributed by atoms with E-state index in [1.807, 2.05) is 30.3 Å². The van der Waals surface area contributed by atoms with Crippen LogP contribution in [0.25, 0.3) is 0 Å². The van der Waals surface area contributed by atoms with Crippen LogP contribution in [0.2, 0.25) is 0 Å². The van der Waals surface area contributed by atoms with Crippen molar-refractivity contribution in [2.24, 2.45) is 5.92 Å². The number of nitrogens with zero attached hydrogens (tertiary/aromatic N) is 2. The lowest BCUT2D eigenvalue weighted by atomic mass is 9.82. The molecule has 2 atom stereocenters. The van der Waals surface area contributed by atoms with Gasteiger partial charge in [-0.25, -0.2) is 9.18 Å². The summed E-state index contributed by atoms with van der Waals surface area (Å²) in [6.45, 7) is 4.77. The van der Waals surface area contributed by atoms with Gasteiger partial charge in [-0.05, 0) is 43.6 Å². The van der Waals surface area contributed by atoms with Crippen molar-refractivity contribution in [1.29, 1.82) is 0 Å². The molecular weight excluding hydrogens is 467 g/mol. The van der Waals surface area contributed by atoms with Crippen molar-refractivity contribution in [3.63, 3.8) is 0 Å². The van der Waals surface area contributed by atoms with Gasteiger partial charge in [-0.15, -0.1) is 0 Å². The molecule has 0 radical (unpaired) electrons. The Morgan fingerprint density at radius 3 is 2.29 bits per heavy atom. The van der Waals surface area contributed by atoms with E-state index in [2.05, 4.69) is 4.90 Å². The maximum atomic E-state index is 13.6. The van der Waals surface area contributed by atoms with Crippen LogP contribution < -0.4 is 12.4 Å². The zero-order valence-corrected chi connectivity index (χ0v) is 20.8. The first-order valence-electron chi connectivity index (χ1n) is 12.7. The van der Waals surface area contributed by atoms with Gasteiger partial charge in [-0.1, -0.05) is 48.9 Å². The number of hydrogen-bond acceptors (Lipinski definition) is 4. The van der Waals surface area contributed by atoms with Gasteiger partial charge in [0.15, 0.2) is 6.10 Å². The minimum Gasteiger partial charge on any atom is -1.00 e. The third-order valence-corrected chi connectivity index (χ3v) is 8.05. The maximum absolute atomic E-state index is 13.6. The number of carbonyl (C=O) groups is 2. The summed E-state index contributed by atoms with van der Waals surface area (Å²) >= 11 is 0. The Labute approximate surface area is 213 Å². The molecule has 0 aliphatic carbocycles. The first kappa shape index (κ1) is 25.8. The molecular formula is C28H34ClFN2O3. The number of quaternary nitrogens is 1. The smallest absolute Gasteiger partial charge is 0.328 e. The summed E-state index contributed by atoms with van der Waals surface area (Å²) < 4.78 is 20.5. The standard InChI is InChI=1S/C28H34FN2O3.ClH/c29-24-11-9-23(10-12-24)27(30-15-5-2-6-16-30)28(33)34-26-20-31(17-13-22(26)14-18-31)19-25(32)21-7-3-1-4-8-21;/h1,3-4,7-12,22,26-27H,2,5-6,13-20H2;1H/q+1;/p-1/t22?,26-,27?,31?;/m0./s1. The summed E-state index contributed by atoms with van der Waals surface area (Å²) in [5, 5.41) is 0. The lowest BCUT2D eigenvalue weighted by Crippen LogP contribution is -3.00. The Balaban J connectivity index is 0.00000289. The van der Waals surface area contributed by atoms with E-state index in [9.17, 15) is 14.0 Å². The van der Waals surface area contributed by atoms with Crippen LogP contribution in [-0.2, 0) is 9.53 Å². The van der Waals surface area contributed by atoms with Crippen molar-refractivity contribution >= 4 is 11.8 Å². The summed E-state index contributed by atoms with van der Waals surface area (Å²) in [5.74, 6) is -0.0317. The number of halogens is 2. The normalized spacial score (nSPS) is 27.0. The minimum absolute atomic E-state index is 0. The molecule has 0 spiro atoms. The van der Waals surface area contributed by atoms with E-state index in [0.29, 0.717) is 23.5 Å². The number of benzene rings is 2. The number of ether oxygens (including phenoxy) is 1. The Bertz CT molecular complexity index is 1000. The lowest BCUT2D eigenvalue weighted by Gasteiger charge is -2.51. The van der Waals surface area contributed by atoms with Crippen molar-refractivity contribution in [1.82, 2.24) is 4.90 Å². The second-order valence-electron chi connectivity index (χ2n) is 10.3. The Kier molecular flexibility index (Phi) is 8.25. The second kappa shape index (κ2) is 11.2. The fourth-order valence-corrected chi connectivity index (χ4v) is 6.13. The number of esters is 1. The number of rotatable bonds is 7. The number of fused-ring (bicyclic) bond motifs is 3. The molecule has 4 fully saturated rings. The number of likely N-dealkylation sites (tertiary alicyclic amines) is 1. The molecule has 4 saturated heterocycles. The van der Waals surface area contributed by atoms with Gasteiger partial charge in [-0.3, -0.25) is 9.69 Å². The average molecular weight is 501 g/mol. The summed E-state index contributed by atoms with van der Waals surface area (Å²) in [7, 11) is 0. The summed E-state index contributed by atoms with van der Waals surface area (Å²) in [5.41, 5.74) is 1.54. The van der Waals surface area contributed by atoms with Crippen LogP contribution in [0.4, 0.5) is 4.39 Å². The molecule has 7 heteroatoms. The van der Waals surface area contributed by atoms with Crippen LogP contribution >= 0.6 is 0 Å².